The molecule has 0 fully saturated rings. The minimum atomic E-state index is 1.09. The van der Waals surface area contributed by atoms with Crippen molar-refractivity contribution < 1.29 is 0 Å². The molecule has 1 heteroatoms. The van der Waals surface area contributed by atoms with Crippen LogP contribution in [0.4, 0.5) is 0 Å². The van der Waals surface area contributed by atoms with Gasteiger partial charge in [-0.1, -0.05) is 13.3 Å². The fourth-order valence-corrected chi connectivity index (χ4v) is 1.56. The molecule has 0 bridgehead atoms. The van der Waals surface area contributed by atoms with E-state index >= 15 is 0 Å². The van der Waals surface area contributed by atoms with Crippen LogP contribution >= 0.6 is 11.8 Å². The maximum Gasteiger partial charge on any atom is 0.00885 e. The van der Waals surface area contributed by atoms with Crippen molar-refractivity contribution in [3.8, 4) is 11.8 Å². The van der Waals surface area contributed by atoms with Gasteiger partial charge in [0.15, 0.2) is 0 Å². The Morgan fingerprint density at radius 2 is 2.00 bits per heavy atom. The summed E-state index contributed by atoms with van der Waals surface area (Å²) in [5.74, 6) is 8.59. The van der Waals surface area contributed by atoms with E-state index in [2.05, 4.69) is 18.8 Å². The lowest BCUT2D eigenvalue weighted by molar-refractivity contribution is 0.743. The summed E-state index contributed by atoms with van der Waals surface area (Å²) in [6.07, 6.45) is 5.09. The quantitative estimate of drug-likeness (QED) is 0.435. The van der Waals surface area contributed by atoms with Crippen molar-refractivity contribution >= 4 is 11.8 Å². The van der Waals surface area contributed by atoms with E-state index in [0.29, 0.717) is 0 Å². The van der Waals surface area contributed by atoms with Gasteiger partial charge in [-0.2, -0.15) is 11.8 Å². The molecule has 0 N–H and O–H groups in total. The molecule has 0 rings (SSSR count). The Hall–Kier alpha value is -0.0900. The van der Waals surface area contributed by atoms with E-state index in [1.165, 1.54) is 30.8 Å². The topological polar surface area (TPSA) is 0 Å². The number of hydrogen-bond acceptors (Lipinski definition) is 1. The third-order valence-corrected chi connectivity index (χ3v) is 2.46. The Bertz CT molecular complexity index is 119. The van der Waals surface area contributed by atoms with Gasteiger partial charge in [-0.05, 0) is 31.3 Å². The van der Waals surface area contributed by atoms with Crippen LogP contribution in [0.5, 0.6) is 0 Å². The lowest BCUT2D eigenvalue weighted by Crippen LogP contribution is -1.81. The van der Waals surface area contributed by atoms with Crippen molar-refractivity contribution in [3.63, 3.8) is 0 Å². The predicted octanol–water partition coefficient (Wildman–Crippen LogP) is 3.32. The molecule has 0 amide bonds. The van der Waals surface area contributed by atoms with Crippen LogP contribution < -0.4 is 0 Å². The highest BCUT2D eigenvalue weighted by Gasteiger charge is 1.87. The van der Waals surface area contributed by atoms with Crippen molar-refractivity contribution in [2.24, 2.45) is 0 Å². The fraction of sp³-hybridized carbons (Fsp3) is 0.800. The van der Waals surface area contributed by atoms with Crippen LogP contribution in [-0.4, -0.2) is 11.5 Å². The first-order valence-corrected chi connectivity index (χ1v) is 5.54. The third-order valence-electron chi connectivity index (χ3n) is 1.47. The Labute approximate surface area is 75.1 Å². The molecule has 0 saturated carbocycles. The summed E-state index contributed by atoms with van der Waals surface area (Å²) < 4.78 is 0. The smallest absolute Gasteiger partial charge is 0.00885 e. The van der Waals surface area contributed by atoms with Gasteiger partial charge >= 0.3 is 0 Å². The van der Waals surface area contributed by atoms with E-state index in [1.807, 2.05) is 18.7 Å². The Balaban J connectivity index is 2.83. The van der Waals surface area contributed by atoms with E-state index in [0.717, 1.165) is 6.42 Å². The highest BCUT2D eigenvalue weighted by atomic mass is 32.2. The van der Waals surface area contributed by atoms with Crippen molar-refractivity contribution in [2.45, 2.75) is 39.5 Å². The highest BCUT2D eigenvalue weighted by molar-refractivity contribution is 7.99. The van der Waals surface area contributed by atoms with E-state index in [-0.39, 0.29) is 0 Å². The lowest BCUT2D eigenvalue weighted by atomic mass is 10.2. The molecule has 0 heterocycles. The van der Waals surface area contributed by atoms with Gasteiger partial charge in [-0.3, -0.25) is 0 Å². The minimum Gasteiger partial charge on any atom is -0.162 e. The molecule has 0 aromatic heterocycles. The van der Waals surface area contributed by atoms with Gasteiger partial charge in [-0.25, -0.2) is 0 Å². The molecule has 0 aliphatic heterocycles. The van der Waals surface area contributed by atoms with Crippen LogP contribution in [0.2, 0.25) is 0 Å². The minimum absolute atomic E-state index is 1.09. The third kappa shape index (κ3) is 9.91. The summed E-state index contributed by atoms with van der Waals surface area (Å²) in [6, 6.07) is 0. The molecule has 11 heavy (non-hydrogen) atoms. The maximum atomic E-state index is 3.08. The first-order valence-electron chi connectivity index (χ1n) is 4.39. The molecule has 0 unspecified atom stereocenters. The zero-order chi connectivity index (χ0) is 8.36. The molecule has 0 aliphatic rings. The Kier molecular flexibility index (Phi) is 9.83. The van der Waals surface area contributed by atoms with Crippen molar-refractivity contribution in [1.29, 1.82) is 0 Å². The first-order chi connectivity index (χ1) is 5.41. The van der Waals surface area contributed by atoms with Gasteiger partial charge in [0.1, 0.15) is 0 Å². The van der Waals surface area contributed by atoms with Crippen LogP contribution in [-0.2, 0) is 0 Å². The van der Waals surface area contributed by atoms with E-state index in [9.17, 15) is 0 Å². The highest BCUT2D eigenvalue weighted by Crippen LogP contribution is 2.06. The van der Waals surface area contributed by atoms with Gasteiger partial charge in [0.2, 0.25) is 0 Å². The molecule has 0 aromatic rings. The van der Waals surface area contributed by atoms with Gasteiger partial charge in [0, 0.05) is 6.42 Å². The largest absolute Gasteiger partial charge is 0.162 e. The normalized spacial score (nSPS) is 8.91. The second-order valence-electron chi connectivity index (χ2n) is 2.43. The Morgan fingerprint density at radius 3 is 2.64 bits per heavy atom. The van der Waals surface area contributed by atoms with E-state index in [1.54, 1.807) is 0 Å². The van der Waals surface area contributed by atoms with Gasteiger partial charge in [-0.15, -0.1) is 11.8 Å². The summed E-state index contributed by atoms with van der Waals surface area (Å²) in [7, 11) is 0. The van der Waals surface area contributed by atoms with Crippen molar-refractivity contribution in [3.05, 3.63) is 0 Å². The molecular weight excluding hydrogens is 152 g/mol. The van der Waals surface area contributed by atoms with Crippen LogP contribution in [0.1, 0.15) is 39.5 Å². The summed E-state index contributed by atoms with van der Waals surface area (Å²) >= 11 is 2.04. The molecule has 0 aliphatic carbocycles. The number of rotatable bonds is 6. The number of thioether (sulfide) groups is 1. The molecule has 0 spiro atoms. The van der Waals surface area contributed by atoms with Crippen molar-refractivity contribution in [2.75, 3.05) is 11.5 Å². The fourth-order valence-electron chi connectivity index (χ4n) is 0.864. The van der Waals surface area contributed by atoms with E-state index < -0.39 is 0 Å². The maximum absolute atomic E-state index is 3.08. The average molecular weight is 170 g/mol. The molecular formula is C10H18S. The summed E-state index contributed by atoms with van der Waals surface area (Å²) in [5, 5.41) is 0. The van der Waals surface area contributed by atoms with Gasteiger partial charge < -0.3 is 0 Å². The van der Waals surface area contributed by atoms with Crippen LogP contribution in [0.3, 0.4) is 0 Å². The summed E-state index contributed by atoms with van der Waals surface area (Å²) in [6.45, 7) is 4.13. The second kappa shape index (κ2) is 9.91. The van der Waals surface area contributed by atoms with Crippen LogP contribution in [0.15, 0.2) is 0 Å². The van der Waals surface area contributed by atoms with E-state index in [4.69, 9.17) is 0 Å². The SMILES string of the molecule is CC#CCCCCCSCC. The zero-order valence-corrected chi connectivity index (χ0v) is 8.47. The van der Waals surface area contributed by atoms with Crippen LogP contribution in [0, 0.1) is 11.8 Å². The first kappa shape index (κ1) is 10.9. The van der Waals surface area contributed by atoms with Crippen LogP contribution in [0.25, 0.3) is 0 Å². The standard InChI is InChI=1S/C10H18S/c1-3-5-6-7-8-9-10-11-4-2/h4,6-10H2,1-2H3. The summed E-state index contributed by atoms with van der Waals surface area (Å²) in [5.41, 5.74) is 0. The predicted molar refractivity (Wildman–Crippen MR) is 54.9 cm³/mol. The number of hydrogen-bond donors (Lipinski definition) is 0. The molecule has 0 saturated heterocycles. The molecule has 0 radical (unpaired) electrons. The monoisotopic (exact) mass is 170 g/mol. The van der Waals surface area contributed by atoms with Gasteiger partial charge in [0.25, 0.3) is 0 Å². The zero-order valence-electron chi connectivity index (χ0n) is 7.65. The molecule has 64 valence electrons. The molecule has 0 aromatic carbocycles. The average Bonchev–Trinajstić information content (AvgIpc) is 2.03. The lowest BCUT2D eigenvalue weighted by Gasteiger charge is -1.96. The molecule has 0 nitrogen and oxygen atoms in total. The summed E-state index contributed by atoms with van der Waals surface area (Å²) in [4.78, 5) is 0. The second-order valence-corrected chi connectivity index (χ2v) is 3.83. The molecule has 0 atom stereocenters. The Morgan fingerprint density at radius 1 is 1.18 bits per heavy atom. The van der Waals surface area contributed by atoms with Crippen molar-refractivity contribution in [1.82, 2.24) is 0 Å². The number of unbranched alkanes of at least 4 members (excludes halogenated alkanes) is 3. The van der Waals surface area contributed by atoms with Gasteiger partial charge in [0.05, 0.1) is 0 Å².